The van der Waals surface area contributed by atoms with Gasteiger partial charge in [-0.3, -0.25) is 4.79 Å². The summed E-state index contributed by atoms with van der Waals surface area (Å²) in [7, 11) is 0. The predicted octanol–water partition coefficient (Wildman–Crippen LogP) is 6.20. The number of fused-ring (bicyclic) bond motifs is 1. The van der Waals surface area contributed by atoms with E-state index in [4.69, 9.17) is 4.74 Å². The maximum atomic E-state index is 13.1. The van der Waals surface area contributed by atoms with E-state index in [0.29, 0.717) is 19.3 Å². The van der Waals surface area contributed by atoms with Crippen molar-refractivity contribution in [2.45, 2.75) is 38.0 Å². The van der Waals surface area contributed by atoms with E-state index >= 15 is 0 Å². The molecule has 0 radical (unpaired) electrons. The summed E-state index contributed by atoms with van der Waals surface area (Å²) in [4.78, 5) is 24.7. The Kier molecular flexibility index (Phi) is 7.94. The molecule has 0 unspecified atom stereocenters. The van der Waals surface area contributed by atoms with E-state index < -0.39 is 42.0 Å². The summed E-state index contributed by atoms with van der Waals surface area (Å²) in [6.07, 6.45) is 2.65. The molecule has 0 spiro atoms. The van der Waals surface area contributed by atoms with Gasteiger partial charge < -0.3 is 14.9 Å². The minimum atomic E-state index is -5.03. The van der Waals surface area contributed by atoms with Crippen molar-refractivity contribution >= 4 is 17.8 Å². The Morgan fingerprint density at radius 2 is 1.74 bits per heavy atom. The largest absolute Gasteiger partial charge is 0.508 e. The van der Waals surface area contributed by atoms with Crippen molar-refractivity contribution in [2.75, 3.05) is 0 Å². The van der Waals surface area contributed by atoms with Gasteiger partial charge in [0.15, 0.2) is 0 Å². The summed E-state index contributed by atoms with van der Waals surface area (Å²) >= 11 is 0. The van der Waals surface area contributed by atoms with Crippen LogP contribution in [0.25, 0.3) is 6.08 Å². The summed E-state index contributed by atoms with van der Waals surface area (Å²) < 4.78 is 44.3. The normalized spacial score (nSPS) is 17.3. The second kappa shape index (κ2) is 10.9. The van der Waals surface area contributed by atoms with E-state index in [1.54, 1.807) is 30.3 Å². The first-order chi connectivity index (χ1) is 16.1. The first kappa shape index (κ1) is 24.8. The molecule has 3 rings (SSSR count). The van der Waals surface area contributed by atoms with Gasteiger partial charge in [0.2, 0.25) is 5.78 Å². The molecule has 2 N–H and O–H groups in total. The van der Waals surface area contributed by atoms with Gasteiger partial charge in [-0.05, 0) is 35.6 Å². The molecule has 0 bridgehead atoms. The summed E-state index contributed by atoms with van der Waals surface area (Å²) in [6.45, 7) is 0. The first-order valence-electron chi connectivity index (χ1n) is 10.6. The summed E-state index contributed by atoms with van der Waals surface area (Å²) in [5, 5.41) is 20.3. The number of ether oxygens (including phenoxy) is 1. The molecule has 0 saturated carbocycles. The zero-order chi connectivity index (χ0) is 24.7. The smallest absolute Gasteiger partial charge is 0.450 e. The molecule has 5 nitrogen and oxygen atoms in total. The monoisotopic (exact) mass is 472 g/mol. The Labute approximate surface area is 194 Å². The zero-order valence-corrected chi connectivity index (χ0v) is 18.1. The molecule has 0 aromatic heterocycles. The predicted molar refractivity (Wildman–Crippen MR) is 120 cm³/mol. The molecule has 34 heavy (non-hydrogen) atoms. The van der Waals surface area contributed by atoms with E-state index in [1.807, 2.05) is 18.2 Å². The van der Waals surface area contributed by atoms with Gasteiger partial charge in [-0.2, -0.15) is 13.2 Å². The Hall–Kier alpha value is -3.81. The third-order valence-corrected chi connectivity index (χ3v) is 5.13. The summed E-state index contributed by atoms with van der Waals surface area (Å²) in [5.74, 6) is -3.89. The second-order valence-corrected chi connectivity index (χ2v) is 7.74. The molecule has 8 heteroatoms. The topological polar surface area (TPSA) is 83.8 Å². The van der Waals surface area contributed by atoms with Crippen LogP contribution in [0.3, 0.4) is 0 Å². The average molecular weight is 472 g/mol. The lowest BCUT2D eigenvalue weighted by Crippen LogP contribution is -2.22. The SMILES string of the molecule is O=C1O[C@H](c2ccccc2)CC=CCCC=CC(CC(=O)C(F)(F)F)=Cc2cc(O)cc(O)c21. The van der Waals surface area contributed by atoms with Crippen LogP contribution in [-0.4, -0.2) is 28.1 Å². The van der Waals surface area contributed by atoms with E-state index in [2.05, 4.69) is 0 Å². The summed E-state index contributed by atoms with van der Waals surface area (Å²) in [6, 6.07) is 11.0. The van der Waals surface area contributed by atoms with E-state index in [1.165, 1.54) is 6.08 Å². The number of ketones is 1. The van der Waals surface area contributed by atoms with Crippen molar-refractivity contribution in [3.05, 3.63) is 89.0 Å². The maximum absolute atomic E-state index is 13.1. The molecule has 0 aliphatic carbocycles. The number of cyclic esters (lactones) is 1. The summed E-state index contributed by atoms with van der Waals surface area (Å²) in [5.41, 5.74) is 0.281. The Morgan fingerprint density at radius 3 is 2.44 bits per heavy atom. The number of carbonyl (C=O) groups excluding carboxylic acids is 2. The minimum Gasteiger partial charge on any atom is -0.508 e. The number of carbonyl (C=O) groups is 2. The van der Waals surface area contributed by atoms with Gasteiger partial charge in [-0.25, -0.2) is 4.79 Å². The minimum absolute atomic E-state index is 0.0398. The molecular formula is C26H23F3O5. The molecule has 2 aromatic rings. The highest BCUT2D eigenvalue weighted by atomic mass is 19.4. The van der Waals surface area contributed by atoms with Crippen LogP contribution >= 0.6 is 0 Å². The molecule has 0 amide bonds. The van der Waals surface area contributed by atoms with Gasteiger partial charge in [0.1, 0.15) is 23.2 Å². The van der Waals surface area contributed by atoms with Crippen molar-refractivity contribution in [3.63, 3.8) is 0 Å². The Morgan fingerprint density at radius 1 is 1.03 bits per heavy atom. The number of benzene rings is 2. The molecule has 178 valence electrons. The van der Waals surface area contributed by atoms with Gasteiger partial charge in [0.25, 0.3) is 0 Å². The van der Waals surface area contributed by atoms with Crippen LogP contribution in [0.5, 0.6) is 11.5 Å². The average Bonchev–Trinajstić information content (AvgIpc) is 2.76. The second-order valence-electron chi connectivity index (χ2n) is 7.74. The fraction of sp³-hybridized carbons (Fsp3) is 0.231. The third-order valence-electron chi connectivity index (χ3n) is 5.13. The number of Topliss-reactive ketones (excluding diaryl/α,β-unsaturated/α-hetero) is 1. The molecule has 1 aliphatic rings. The number of allylic oxidation sites excluding steroid dienone is 4. The van der Waals surface area contributed by atoms with E-state index in [9.17, 15) is 33.0 Å². The highest BCUT2D eigenvalue weighted by Crippen LogP contribution is 2.33. The van der Waals surface area contributed by atoms with Crippen LogP contribution in [0.15, 0.2) is 72.3 Å². The van der Waals surface area contributed by atoms with Crippen molar-refractivity contribution < 1.29 is 37.7 Å². The standard InChI is InChI=1S/C26H23F3O5/c27-26(28,29)23(32)14-17-9-5-2-1-3-8-12-22(18-10-6-4-7-11-18)34-25(33)24-19(13-17)15-20(30)16-21(24)31/h3-11,13,15-16,22,30-31H,1-2,12,14H2/t22-/m0/s1. The molecule has 2 aromatic carbocycles. The number of alkyl halides is 3. The van der Waals surface area contributed by atoms with Crippen molar-refractivity contribution in [2.24, 2.45) is 0 Å². The highest BCUT2D eigenvalue weighted by molar-refractivity contribution is 5.98. The molecule has 1 heterocycles. The Bertz CT molecular complexity index is 1130. The number of hydrogen-bond donors (Lipinski definition) is 2. The van der Waals surface area contributed by atoms with Gasteiger partial charge in [-0.15, -0.1) is 0 Å². The molecule has 0 fully saturated rings. The van der Waals surface area contributed by atoms with Gasteiger partial charge in [0.05, 0.1) is 0 Å². The number of phenolic OH excluding ortho intramolecular Hbond substituents is 2. The van der Waals surface area contributed by atoms with Crippen molar-refractivity contribution in [1.82, 2.24) is 0 Å². The van der Waals surface area contributed by atoms with E-state index in [0.717, 1.165) is 23.8 Å². The van der Waals surface area contributed by atoms with Crippen LogP contribution in [-0.2, 0) is 9.53 Å². The quantitative estimate of drug-likeness (QED) is 0.411. The number of hydrogen-bond acceptors (Lipinski definition) is 5. The van der Waals surface area contributed by atoms with Gasteiger partial charge >= 0.3 is 12.1 Å². The highest BCUT2D eigenvalue weighted by Gasteiger charge is 2.38. The van der Waals surface area contributed by atoms with Gasteiger partial charge in [-0.1, -0.05) is 60.7 Å². The fourth-order valence-electron chi connectivity index (χ4n) is 3.49. The van der Waals surface area contributed by atoms with Crippen LogP contribution in [0.1, 0.15) is 53.3 Å². The molecule has 1 aliphatic heterocycles. The lowest BCUT2D eigenvalue weighted by atomic mass is 9.99. The Balaban J connectivity index is 2.09. The molecular weight excluding hydrogens is 449 g/mol. The first-order valence-corrected chi connectivity index (χ1v) is 10.6. The number of halogens is 3. The van der Waals surface area contributed by atoms with Crippen LogP contribution in [0, 0.1) is 0 Å². The van der Waals surface area contributed by atoms with E-state index in [-0.39, 0.29) is 16.7 Å². The lowest BCUT2D eigenvalue weighted by Gasteiger charge is -2.19. The van der Waals surface area contributed by atoms with Crippen LogP contribution < -0.4 is 0 Å². The number of rotatable bonds is 3. The number of esters is 1. The molecule has 1 atom stereocenters. The van der Waals surface area contributed by atoms with Gasteiger partial charge in [0, 0.05) is 18.9 Å². The van der Waals surface area contributed by atoms with Crippen LogP contribution in [0.4, 0.5) is 13.2 Å². The lowest BCUT2D eigenvalue weighted by molar-refractivity contribution is -0.170. The third kappa shape index (κ3) is 6.60. The zero-order valence-electron chi connectivity index (χ0n) is 18.1. The van der Waals surface area contributed by atoms with Crippen molar-refractivity contribution in [3.8, 4) is 11.5 Å². The number of phenols is 2. The van der Waals surface area contributed by atoms with Crippen molar-refractivity contribution in [1.29, 1.82) is 0 Å². The fourth-order valence-corrected chi connectivity index (χ4v) is 3.49. The number of aromatic hydroxyl groups is 2. The maximum Gasteiger partial charge on any atom is 0.450 e. The molecule has 0 saturated heterocycles. The van der Waals surface area contributed by atoms with Crippen LogP contribution in [0.2, 0.25) is 0 Å².